The summed E-state index contributed by atoms with van der Waals surface area (Å²) in [5.74, 6) is -0.399. The quantitative estimate of drug-likeness (QED) is 0.799. The molecule has 4 rings (SSSR count). The number of piperidine rings is 1. The molecule has 0 unspecified atom stereocenters. The molecule has 3 heterocycles. The van der Waals surface area contributed by atoms with E-state index >= 15 is 0 Å². The largest absolute Gasteiger partial charge is 0.350 e. The summed E-state index contributed by atoms with van der Waals surface area (Å²) in [7, 11) is 2.07. The number of aromatic amines is 1. The number of nitrogens with one attached hydrogen (secondary N) is 2. The van der Waals surface area contributed by atoms with Crippen LogP contribution in [0.5, 0.6) is 0 Å². The standard InChI is InChI=1S/C22H30FN5O2/c1-14-4-5-19(23)18-11-20(25-21(14)18)22(30)24-16-10-17(13-26(3)12-16)28-8-6-27(7-9-28)15(2)29/h4-5,11,16-17,25H,6-10,12-13H2,1-3H3,(H,24,30)/t16-,17-/m1/s1. The maximum absolute atomic E-state index is 14.1. The lowest BCUT2D eigenvalue weighted by molar-refractivity contribution is -0.131. The molecule has 2 amide bonds. The number of nitrogens with zero attached hydrogens (tertiary/aromatic N) is 3. The molecule has 2 aromatic rings. The highest BCUT2D eigenvalue weighted by Gasteiger charge is 2.32. The van der Waals surface area contributed by atoms with Crippen molar-refractivity contribution in [2.75, 3.05) is 46.3 Å². The van der Waals surface area contributed by atoms with E-state index in [1.165, 1.54) is 6.07 Å². The van der Waals surface area contributed by atoms with Gasteiger partial charge in [0.15, 0.2) is 0 Å². The summed E-state index contributed by atoms with van der Waals surface area (Å²) >= 11 is 0. The van der Waals surface area contributed by atoms with Gasteiger partial charge in [-0.3, -0.25) is 14.5 Å². The Morgan fingerprint density at radius 3 is 2.57 bits per heavy atom. The Hall–Kier alpha value is -2.45. The SMILES string of the molecule is CC(=O)N1CCN([C@@H]2C[C@@H](NC(=O)c3cc4c(F)ccc(C)c4[nH]3)CN(C)C2)CC1. The third kappa shape index (κ3) is 4.20. The molecule has 162 valence electrons. The van der Waals surface area contributed by atoms with Crippen LogP contribution in [0.15, 0.2) is 18.2 Å². The van der Waals surface area contributed by atoms with Crippen LogP contribution in [0, 0.1) is 12.7 Å². The van der Waals surface area contributed by atoms with Gasteiger partial charge in [-0.05, 0) is 38.1 Å². The van der Waals surface area contributed by atoms with Gasteiger partial charge in [-0.2, -0.15) is 0 Å². The van der Waals surface area contributed by atoms with Crippen molar-refractivity contribution >= 4 is 22.7 Å². The summed E-state index contributed by atoms with van der Waals surface area (Å²) in [6.07, 6.45) is 0.865. The van der Waals surface area contributed by atoms with Crippen molar-refractivity contribution in [1.29, 1.82) is 0 Å². The minimum Gasteiger partial charge on any atom is -0.350 e. The molecule has 0 aliphatic carbocycles. The minimum absolute atomic E-state index is 0.0180. The van der Waals surface area contributed by atoms with Crippen LogP contribution in [0.2, 0.25) is 0 Å². The second kappa shape index (κ2) is 8.35. The molecule has 0 bridgehead atoms. The predicted octanol–water partition coefficient (Wildman–Crippen LogP) is 1.58. The highest BCUT2D eigenvalue weighted by molar-refractivity contribution is 5.99. The summed E-state index contributed by atoms with van der Waals surface area (Å²) in [6, 6.07) is 5.09. The number of carbonyl (C=O) groups is 2. The van der Waals surface area contributed by atoms with Crippen molar-refractivity contribution < 1.29 is 14.0 Å². The smallest absolute Gasteiger partial charge is 0.267 e. The molecule has 2 aliphatic rings. The van der Waals surface area contributed by atoms with Crippen molar-refractivity contribution in [3.05, 3.63) is 35.3 Å². The van der Waals surface area contributed by atoms with E-state index in [0.717, 1.165) is 51.3 Å². The lowest BCUT2D eigenvalue weighted by Crippen LogP contribution is -2.59. The number of hydrogen-bond donors (Lipinski definition) is 2. The normalized spacial score (nSPS) is 23.7. The van der Waals surface area contributed by atoms with Crippen molar-refractivity contribution in [1.82, 2.24) is 25.0 Å². The minimum atomic E-state index is -0.326. The van der Waals surface area contributed by atoms with Crippen LogP contribution >= 0.6 is 0 Å². The fourth-order valence-corrected chi connectivity index (χ4v) is 4.77. The Morgan fingerprint density at radius 1 is 1.17 bits per heavy atom. The zero-order valence-corrected chi connectivity index (χ0v) is 17.9. The average molecular weight is 416 g/mol. The van der Waals surface area contributed by atoms with Crippen LogP contribution in [-0.2, 0) is 4.79 Å². The van der Waals surface area contributed by atoms with Crippen molar-refractivity contribution in [2.45, 2.75) is 32.4 Å². The van der Waals surface area contributed by atoms with Gasteiger partial charge in [-0.25, -0.2) is 4.39 Å². The van der Waals surface area contributed by atoms with Gasteiger partial charge in [0.2, 0.25) is 5.91 Å². The molecule has 2 aliphatic heterocycles. The predicted molar refractivity (Wildman–Crippen MR) is 114 cm³/mol. The van der Waals surface area contributed by atoms with Crippen LogP contribution < -0.4 is 5.32 Å². The molecule has 2 atom stereocenters. The van der Waals surface area contributed by atoms with Crippen LogP contribution in [0.3, 0.4) is 0 Å². The van der Waals surface area contributed by atoms with Gasteiger partial charge in [-0.15, -0.1) is 0 Å². The lowest BCUT2D eigenvalue weighted by atomic mass is 9.99. The summed E-state index contributed by atoms with van der Waals surface area (Å²) in [5.41, 5.74) is 1.97. The Morgan fingerprint density at radius 2 is 1.90 bits per heavy atom. The van der Waals surface area contributed by atoms with Crippen molar-refractivity contribution in [3.63, 3.8) is 0 Å². The second-order valence-electron chi connectivity index (χ2n) is 8.66. The maximum Gasteiger partial charge on any atom is 0.267 e. The summed E-state index contributed by atoms with van der Waals surface area (Å²) in [6.45, 7) is 8.48. The topological polar surface area (TPSA) is 71.7 Å². The fourth-order valence-electron chi connectivity index (χ4n) is 4.77. The first-order valence-corrected chi connectivity index (χ1v) is 10.6. The number of piperazine rings is 1. The molecular formula is C22H30FN5O2. The first kappa shape index (κ1) is 20.8. The highest BCUT2D eigenvalue weighted by atomic mass is 19.1. The van der Waals surface area contributed by atoms with E-state index in [1.807, 2.05) is 11.8 Å². The number of carbonyl (C=O) groups excluding carboxylic acids is 2. The molecule has 0 saturated carbocycles. The third-order valence-electron chi connectivity index (χ3n) is 6.42. The average Bonchev–Trinajstić information content (AvgIpc) is 3.17. The number of amides is 2. The van der Waals surface area contributed by atoms with Crippen molar-refractivity contribution in [3.8, 4) is 0 Å². The van der Waals surface area contributed by atoms with Crippen molar-refractivity contribution in [2.24, 2.45) is 0 Å². The zero-order chi connectivity index (χ0) is 21.4. The number of likely N-dealkylation sites (N-methyl/N-ethyl adjacent to an activating group) is 1. The van der Waals surface area contributed by atoms with E-state index in [2.05, 4.69) is 27.1 Å². The van der Waals surface area contributed by atoms with E-state index in [1.54, 1.807) is 19.1 Å². The number of fused-ring (bicyclic) bond motifs is 1. The molecule has 0 radical (unpaired) electrons. The second-order valence-corrected chi connectivity index (χ2v) is 8.66. The first-order chi connectivity index (χ1) is 14.3. The van der Waals surface area contributed by atoms with Gasteiger partial charge in [0.05, 0.1) is 5.52 Å². The van der Waals surface area contributed by atoms with Gasteiger partial charge >= 0.3 is 0 Å². The number of H-pyrrole nitrogens is 1. The fraction of sp³-hybridized carbons (Fsp3) is 0.545. The monoisotopic (exact) mass is 415 g/mol. The number of rotatable bonds is 3. The maximum atomic E-state index is 14.1. The number of halogens is 1. The van der Waals surface area contributed by atoms with Gasteiger partial charge in [0.1, 0.15) is 11.5 Å². The van der Waals surface area contributed by atoms with E-state index in [0.29, 0.717) is 22.6 Å². The Kier molecular flexibility index (Phi) is 5.79. The van der Waals surface area contributed by atoms with Gasteiger partial charge in [0, 0.05) is 63.7 Å². The molecule has 1 aromatic heterocycles. The number of likely N-dealkylation sites (tertiary alicyclic amines) is 1. The third-order valence-corrected chi connectivity index (χ3v) is 6.42. The van der Waals surface area contributed by atoms with E-state index in [-0.39, 0.29) is 23.7 Å². The van der Waals surface area contributed by atoms with Crippen LogP contribution in [0.1, 0.15) is 29.4 Å². The molecule has 0 spiro atoms. The lowest BCUT2D eigenvalue weighted by Gasteiger charge is -2.44. The van der Waals surface area contributed by atoms with Crippen LogP contribution in [-0.4, -0.2) is 89.9 Å². The van der Waals surface area contributed by atoms with E-state index < -0.39 is 0 Å². The Labute approximate surface area is 176 Å². The zero-order valence-electron chi connectivity index (χ0n) is 17.9. The Balaban J connectivity index is 1.42. The number of aryl methyl sites for hydroxylation is 1. The van der Waals surface area contributed by atoms with Gasteiger partial charge < -0.3 is 20.1 Å². The molecule has 2 fully saturated rings. The molecule has 2 N–H and O–H groups in total. The van der Waals surface area contributed by atoms with Gasteiger partial charge in [0.25, 0.3) is 5.91 Å². The van der Waals surface area contributed by atoms with E-state index in [4.69, 9.17) is 0 Å². The summed E-state index contributed by atoms with van der Waals surface area (Å²) in [4.78, 5) is 34.1. The summed E-state index contributed by atoms with van der Waals surface area (Å²) in [5, 5.41) is 3.58. The molecule has 7 nitrogen and oxygen atoms in total. The molecular weight excluding hydrogens is 385 g/mol. The highest BCUT2D eigenvalue weighted by Crippen LogP contribution is 2.23. The van der Waals surface area contributed by atoms with Crippen LogP contribution in [0.25, 0.3) is 10.9 Å². The molecule has 30 heavy (non-hydrogen) atoms. The number of hydrogen-bond acceptors (Lipinski definition) is 4. The van der Waals surface area contributed by atoms with E-state index in [9.17, 15) is 14.0 Å². The van der Waals surface area contributed by atoms with Gasteiger partial charge in [-0.1, -0.05) is 6.07 Å². The molecule has 2 saturated heterocycles. The molecule has 8 heteroatoms. The summed E-state index contributed by atoms with van der Waals surface area (Å²) < 4.78 is 14.1. The number of benzene rings is 1. The molecule has 1 aromatic carbocycles. The van der Waals surface area contributed by atoms with Crippen LogP contribution in [0.4, 0.5) is 4.39 Å². The Bertz CT molecular complexity index is 911. The first-order valence-electron chi connectivity index (χ1n) is 10.6. The number of aromatic nitrogens is 1.